The zero-order valence-electron chi connectivity index (χ0n) is 21.0. The number of nitrogen functional groups attached to an aromatic ring is 1. The molecule has 3 fully saturated rings. The normalized spacial score (nSPS) is 20.1. The van der Waals surface area contributed by atoms with Gasteiger partial charge < -0.3 is 10.6 Å². The molecular formula is C27H24N10O2. The summed E-state index contributed by atoms with van der Waals surface area (Å²) in [5.74, 6) is 0.167. The van der Waals surface area contributed by atoms with Crippen molar-refractivity contribution < 1.29 is 9.59 Å². The number of amides is 1. The number of carbonyl (C=O) groups excluding carboxylic acids is 2. The number of Topliss-reactive ketones (excluding diaryl/α,β-unsaturated/α-hetero) is 1. The van der Waals surface area contributed by atoms with Gasteiger partial charge in [0, 0.05) is 41.5 Å². The predicted octanol–water partition coefficient (Wildman–Crippen LogP) is 2.92. The van der Waals surface area contributed by atoms with Crippen LogP contribution in [0, 0.1) is 0 Å². The van der Waals surface area contributed by atoms with E-state index in [4.69, 9.17) is 10.7 Å². The molecule has 5 aromatic heterocycles. The van der Waals surface area contributed by atoms with Crippen molar-refractivity contribution >= 4 is 23.2 Å². The summed E-state index contributed by atoms with van der Waals surface area (Å²) in [4.78, 5) is 45.5. The highest BCUT2D eigenvalue weighted by molar-refractivity contribution is 6.00. The average Bonchev–Trinajstić information content (AvgIpc) is 3.64. The van der Waals surface area contributed by atoms with E-state index in [0.717, 1.165) is 28.9 Å². The first kappa shape index (κ1) is 23.1. The van der Waals surface area contributed by atoms with Crippen LogP contribution in [0.1, 0.15) is 58.8 Å². The van der Waals surface area contributed by atoms with Crippen molar-refractivity contribution in [2.45, 2.75) is 44.2 Å². The first-order chi connectivity index (χ1) is 19.0. The Labute approximate surface area is 222 Å². The lowest BCUT2D eigenvalue weighted by Gasteiger charge is -2.55. The lowest BCUT2D eigenvalue weighted by atomic mass is 9.71. The minimum Gasteiger partial charge on any atom is -0.383 e. The number of aromatic amines is 1. The third-order valence-electron chi connectivity index (χ3n) is 7.75. The standard InChI is InChI=1S/C27H24N10O2/c1-14(38)22-23(16-8-17-10-18(9-16)36(17)27(39)25-31-13-32-35-25)34-26-19(12-33-37(26)24(22)28)15-5-6-21(30-11-15)20-4-2-3-7-29-20/h2-7,11-13,16-18H,8-10,28H2,1H3,(H,31,32,35)/t16?,17-,18?/m1/s1. The summed E-state index contributed by atoms with van der Waals surface area (Å²) in [5.41, 5.74) is 11.3. The number of fused-ring (bicyclic) bond motifs is 3. The van der Waals surface area contributed by atoms with Crippen molar-refractivity contribution in [2.75, 3.05) is 5.73 Å². The molecule has 2 aliphatic heterocycles. The number of aromatic nitrogens is 8. The molecule has 1 saturated carbocycles. The number of nitrogens with zero attached hydrogens (tertiary/aromatic N) is 8. The Morgan fingerprint density at radius 2 is 1.82 bits per heavy atom. The second kappa shape index (κ2) is 8.79. The molecule has 8 rings (SSSR count). The Balaban J connectivity index is 1.24. The second-order valence-corrected chi connectivity index (χ2v) is 10.0. The Bertz CT molecular complexity index is 1700. The topological polar surface area (TPSA) is 161 Å². The van der Waals surface area contributed by atoms with Crippen LogP contribution in [-0.2, 0) is 0 Å². The van der Waals surface area contributed by atoms with Crippen molar-refractivity contribution in [1.29, 1.82) is 0 Å². The molecule has 2 bridgehead atoms. The van der Waals surface area contributed by atoms with Crippen LogP contribution in [0.2, 0.25) is 0 Å². The number of carbonyl (C=O) groups is 2. The molecule has 2 saturated heterocycles. The quantitative estimate of drug-likeness (QED) is 0.332. The van der Waals surface area contributed by atoms with Gasteiger partial charge in [-0.1, -0.05) is 12.1 Å². The van der Waals surface area contributed by atoms with Crippen molar-refractivity contribution in [3.05, 3.63) is 72.3 Å². The van der Waals surface area contributed by atoms with Gasteiger partial charge >= 0.3 is 0 Å². The van der Waals surface area contributed by atoms with Gasteiger partial charge in [-0.05, 0) is 44.4 Å². The highest BCUT2D eigenvalue weighted by Gasteiger charge is 2.49. The SMILES string of the molecule is CC(=O)c1c(C2CC3C[C@@H](C2)N3C(=O)c2ncn[nH]2)nc2c(-c3ccc(-c4ccccn4)nc3)cnn2c1N. The van der Waals surface area contributed by atoms with E-state index in [1.807, 2.05) is 35.2 Å². The molecular weight excluding hydrogens is 496 g/mol. The van der Waals surface area contributed by atoms with Crippen LogP contribution >= 0.6 is 0 Å². The van der Waals surface area contributed by atoms with Gasteiger partial charge in [-0.15, -0.1) is 0 Å². The lowest BCUT2D eigenvalue weighted by Crippen LogP contribution is -2.62. The van der Waals surface area contributed by atoms with E-state index in [2.05, 4.69) is 30.2 Å². The Morgan fingerprint density at radius 3 is 2.49 bits per heavy atom. The maximum Gasteiger partial charge on any atom is 0.291 e. The molecule has 3 N–H and O–H groups in total. The van der Waals surface area contributed by atoms with Crippen LogP contribution in [0.25, 0.3) is 28.2 Å². The van der Waals surface area contributed by atoms with Gasteiger partial charge in [0.15, 0.2) is 11.4 Å². The summed E-state index contributed by atoms with van der Waals surface area (Å²) < 4.78 is 1.52. The molecule has 12 heteroatoms. The van der Waals surface area contributed by atoms with Crippen molar-refractivity contribution in [2.24, 2.45) is 0 Å². The van der Waals surface area contributed by atoms with E-state index >= 15 is 0 Å². The Morgan fingerprint density at radius 1 is 1.00 bits per heavy atom. The number of H-pyrrole nitrogens is 1. The maximum atomic E-state index is 12.9. The second-order valence-electron chi connectivity index (χ2n) is 10.0. The van der Waals surface area contributed by atoms with E-state index in [1.165, 1.54) is 17.8 Å². The van der Waals surface area contributed by atoms with Crippen LogP contribution in [0.5, 0.6) is 0 Å². The third kappa shape index (κ3) is 3.67. The summed E-state index contributed by atoms with van der Waals surface area (Å²) in [7, 11) is 0. The third-order valence-corrected chi connectivity index (χ3v) is 7.75. The highest BCUT2D eigenvalue weighted by Crippen LogP contribution is 2.47. The van der Waals surface area contributed by atoms with Crippen LogP contribution < -0.4 is 5.73 Å². The number of rotatable bonds is 5. The van der Waals surface area contributed by atoms with Crippen molar-refractivity contribution in [1.82, 2.24) is 44.6 Å². The van der Waals surface area contributed by atoms with Crippen LogP contribution in [0.3, 0.4) is 0 Å². The number of nitrogens with one attached hydrogen (secondary N) is 1. The fourth-order valence-electron chi connectivity index (χ4n) is 5.97. The largest absolute Gasteiger partial charge is 0.383 e. The summed E-state index contributed by atoms with van der Waals surface area (Å²) >= 11 is 0. The fourth-order valence-corrected chi connectivity index (χ4v) is 5.97. The van der Waals surface area contributed by atoms with Gasteiger partial charge in [-0.3, -0.25) is 24.7 Å². The van der Waals surface area contributed by atoms with Crippen LogP contribution in [0.4, 0.5) is 5.82 Å². The summed E-state index contributed by atoms with van der Waals surface area (Å²) in [5, 5.41) is 10.9. The molecule has 2 unspecified atom stereocenters. The van der Waals surface area contributed by atoms with Crippen molar-refractivity contribution in [3.8, 4) is 22.5 Å². The molecule has 39 heavy (non-hydrogen) atoms. The van der Waals surface area contributed by atoms with E-state index < -0.39 is 0 Å². The number of pyridine rings is 2. The molecule has 1 aliphatic carbocycles. The maximum absolute atomic E-state index is 12.9. The van der Waals surface area contributed by atoms with Crippen LogP contribution in [0.15, 0.2) is 55.2 Å². The molecule has 12 nitrogen and oxygen atoms in total. The number of hydrogen-bond donors (Lipinski definition) is 2. The zero-order valence-corrected chi connectivity index (χ0v) is 21.0. The highest BCUT2D eigenvalue weighted by atomic mass is 16.2. The molecule has 1 amide bonds. The number of nitrogens with two attached hydrogens (primary N) is 1. The zero-order chi connectivity index (χ0) is 26.7. The molecule has 3 aliphatic rings. The Kier molecular flexibility index (Phi) is 5.22. The molecule has 0 aromatic carbocycles. The van der Waals surface area contributed by atoms with E-state index in [0.29, 0.717) is 29.7 Å². The minimum absolute atomic E-state index is 0.0221. The van der Waals surface area contributed by atoms with Crippen LogP contribution in [-0.4, -0.2) is 68.4 Å². The fraction of sp³-hybridized carbons (Fsp3) is 0.259. The van der Waals surface area contributed by atoms with Crippen molar-refractivity contribution in [3.63, 3.8) is 0 Å². The number of piperidine rings is 1. The van der Waals surface area contributed by atoms with Gasteiger partial charge in [0.2, 0.25) is 5.82 Å². The van der Waals surface area contributed by atoms with Gasteiger partial charge in [0.1, 0.15) is 12.1 Å². The van der Waals surface area contributed by atoms with Gasteiger partial charge in [-0.2, -0.15) is 14.7 Å². The van der Waals surface area contributed by atoms with Gasteiger partial charge in [0.25, 0.3) is 5.91 Å². The predicted molar refractivity (Wildman–Crippen MR) is 141 cm³/mol. The molecule has 3 atom stereocenters. The number of ketones is 1. The molecule has 0 radical (unpaired) electrons. The smallest absolute Gasteiger partial charge is 0.291 e. The molecule has 0 spiro atoms. The van der Waals surface area contributed by atoms with E-state index in [1.54, 1.807) is 18.6 Å². The van der Waals surface area contributed by atoms with E-state index in [9.17, 15) is 9.59 Å². The lowest BCUT2D eigenvalue weighted by molar-refractivity contribution is -0.0203. The summed E-state index contributed by atoms with van der Waals surface area (Å²) in [6.45, 7) is 1.50. The van der Waals surface area contributed by atoms with Gasteiger partial charge in [-0.25, -0.2) is 9.97 Å². The van der Waals surface area contributed by atoms with Gasteiger partial charge in [0.05, 0.1) is 28.8 Å². The summed E-state index contributed by atoms with van der Waals surface area (Å²) in [6, 6.07) is 9.63. The Hall–Kier alpha value is -5.00. The number of hydrogen-bond acceptors (Lipinski definition) is 9. The summed E-state index contributed by atoms with van der Waals surface area (Å²) in [6.07, 6.45) is 8.80. The minimum atomic E-state index is -0.163. The molecule has 194 valence electrons. The first-order valence-corrected chi connectivity index (χ1v) is 12.7. The first-order valence-electron chi connectivity index (χ1n) is 12.7. The molecule has 5 aromatic rings. The number of anilines is 1. The average molecular weight is 521 g/mol. The van der Waals surface area contributed by atoms with E-state index in [-0.39, 0.29) is 41.3 Å². The monoisotopic (exact) mass is 520 g/mol. The molecule has 7 heterocycles.